The number of piperidine rings is 1. The van der Waals surface area contributed by atoms with Crippen LogP contribution in [-0.2, 0) is 4.79 Å². The quantitative estimate of drug-likeness (QED) is 0.726. The summed E-state index contributed by atoms with van der Waals surface area (Å²) in [5, 5.41) is 0. The fraction of sp³-hybridized carbons (Fsp3) is 0.611. The summed E-state index contributed by atoms with van der Waals surface area (Å²) in [5.74, 6) is 1.84. The molecular weight excluding hydrogens is 276 g/mol. The molecule has 1 saturated heterocycles. The Morgan fingerprint density at radius 1 is 1.41 bits per heavy atom. The molecule has 4 heteroatoms. The average Bonchev–Trinajstić information content (AvgIpc) is 2.48. The Morgan fingerprint density at radius 3 is 2.95 bits per heavy atom. The van der Waals surface area contributed by atoms with Gasteiger partial charge in [0.2, 0.25) is 5.91 Å². The van der Waals surface area contributed by atoms with Crippen LogP contribution in [-0.4, -0.2) is 56.0 Å². The predicted molar refractivity (Wildman–Crippen MR) is 89.1 cm³/mol. The monoisotopic (exact) mass is 304 g/mol. The molecule has 0 radical (unpaired) electrons. The smallest absolute Gasteiger partial charge is 0.222 e. The molecule has 0 bridgehead atoms. The molecule has 1 heterocycles. The number of rotatable bonds is 7. The van der Waals surface area contributed by atoms with Crippen LogP contribution < -0.4 is 4.74 Å². The minimum Gasteiger partial charge on any atom is -0.494 e. The van der Waals surface area contributed by atoms with Crippen molar-refractivity contribution in [3.63, 3.8) is 0 Å². The summed E-state index contributed by atoms with van der Waals surface area (Å²) in [7, 11) is 4.06. The topological polar surface area (TPSA) is 32.8 Å². The number of aryl methyl sites for hydroxylation is 1. The number of likely N-dealkylation sites (tertiary alicyclic amines) is 1. The number of amides is 1. The van der Waals surface area contributed by atoms with E-state index in [1.54, 1.807) is 0 Å². The second-order valence-corrected chi connectivity index (χ2v) is 6.46. The van der Waals surface area contributed by atoms with Crippen molar-refractivity contribution in [1.29, 1.82) is 0 Å². The van der Waals surface area contributed by atoms with E-state index in [1.807, 2.05) is 24.1 Å². The summed E-state index contributed by atoms with van der Waals surface area (Å²) in [6, 6.07) is 8.18. The summed E-state index contributed by atoms with van der Waals surface area (Å²) in [5.41, 5.74) is 1.23. The molecule has 0 aromatic heterocycles. The van der Waals surface area contributed by atoms with Gasteiger partial charge in [0, 0.05) is 33.1 Å². The van der Waals surface area contributed by atoms with Gasteiger partial charge >= 0.3 is 0 Å². The average molecular weight is 304 g/mol. The summed E-state index contributed by atoms with van der Waals surface area (Å²) < 4.78 is 5.78. The van der Waals surface area contributed by atoms with E-state index < -0.39 is 0 Å². The maximum atomic E-state index is 11.5. The van der Waals surface area contributed by atoms with Crippen molar-refractivity contribution in [2.24, 2.45) is 5.92 Å². The molecule has 1 aromatic rings. The van der Waals surface area contributed by atoms with E-state index >= 15 is 0 Å². The fourth-order valence-corrected chi connectivity index (χ4v) is 3.01. The van der Waals surface area contributed by atoms with Crippen LogP contribution in [0, 0.1) is 12.8 Å². The number of hydrogen-bond donors (Lipinski definition) is 0. The Hall–Kier alpha value is -1.55. The van der Waals surface area contributed by atoms with E-state index in [0.717, 1.165) is 44.8 Å². The zero-order chi connectivity index (χ0) is 15.9. The molecule has 0 aliphatic carbocycles. The van der Waals surface area contributed by atoms with Crippen LogP contribution in [0.15, 0.2) is 24.3 Å². The molecule has 1 aliphatic rings. The van der Waals surface area contributed by atoms with Crippen molar-refractivity contribution in [3.8, 4) is 5.75 Å². The number of nitrogens with zero attached hydrogens (tertiary/aromatic N) is 2. The Balaban J connectivity index is 1.61. The highest BCUT2D eigenvalue weighted by Crippen LogP contribution is 2.17. The maximum absolute atomic E-state index is 11.5. The van der Waals surface area contributed by atoms with Gasteiger partial charge in [-0.2, -0.15) is 0 Å². The molecule has 1 unspecified atom stereocenters. The van der Waals surface area contributed by atoms with E-state index in [-0.39, 0.29) is 5.91 Å². The first kappa shape index (κ1) is 16.8. The Bertz CT molecular complexity index is 490. The summed E-state index contributed by atoms with van der Waals surface area (Å²) in [4.78, 5) is 15.7. The predicted octanol–water partition coefficient (Wildman–Crippen LogP) is 2.56. The normalized spacial score (nSPS) is 18.8. The van der Waals surface area contributed by atoms with Gasteiger partial charge in [-0.1, -0.05) is 12.1 Å². The van der Waals surface area contributed by atoms with Crippen molar-refractivity contribution in [2.75, 3.05) is 40.3 Å². The van der Waals surface area contributed by atoms with E-state index in [1.165, 1.54) is 5.56 Å². The van der Waals surface area contributed by atoms with Gasteiger partial charge < -0.3 is 14.5 Å². The number of carbonyl (C=O) groups excluding carboxylic acids is 1. The second kappa shape index (κ2) is 8.18. The molecule has 1 amide bonds. The third kappa shape index (κ3) is 5.34. The Kier molecular flexibility index (Phi) is 6.25. The van der Waals surface area contributed by atoms with Gasteiger partial charge in [-0.25, -0.2) is 0 Å². The number of carbonyl (C=O) groups is 1. The molecule has 1 aliphatic heterocycles. The van der Waals surface area contributed by atoms with Gasteiger partial charge in [-0.3, -0.25) is 4.79 Å². The third-order valence-corrected chi connectivity index (χ3v) is 4.24. The fourth-order valence-electron chi connectivity index (χ4n) is 3.01. The SMILES string of the molecule is Cc1cccc(OCCCN(C)CC2CCC(=O)N(C)C2)c1. The van der Waals surface area contributed by atoms with Crippen molar-refractivity contribution in [1.82, 2.24) is 9.80 Å². The highest BCUT2D eigenvalue weighted by molar-refractivity contribution is 5.76. The highest BCUT2D eigenvalue weighted by Gasteiger charge is 2.23. The first-order chi connectivity index (χ1) is 10.5. The minimum absolute atomic E-state index is 0.283. The second-order valence-electron chi connectivity index (χ2n) is 6.46. The third-order valence-electron chi connectivity index (χ3n) is 4.24. The number of benzene rings is 1. The lowest BCUT2D eigenvalue weighted by Gasteiger charge is -2.32. The zero-order valence-corrected chi connectivity index (χ0v) is 14.0. The molecule has 1 fully saturated rings. The van der Waals surface area contributed by atoms with Gasteiger partial charge in [0.15, 0.2) is 0 Å². The van der Waals surface area contributed by atoms with Gasteiger partial charge in [-0.15, -0.1) is 0 Å². The van der Waals surface area contributed by atoms with Gasteiger partial charge in [0.25, 0.3) is 0 Å². The minimum atomic E-state index is 0.283. The molecule has 122 valence electrons. The Labute approximate surface area is 134 Å². The lowest BCUT2D eigenvalue weighted by molar-refractivity contribution is -0.133. The molecular formula is C18H28N2O2. The number of hydrogen-bond acceptors (Lipinski definition) is 3. The molecule has 1 aromatic carbocycles. The van der Waals surface area contributed by atoms with Gasteiger partial charge in [0.1, 0.15) is 5.75 Å². The van der Waals surface area contributed by atoms with Crippen LogP contribution in [0.25, 0.3) is 0 Å². The zero-order valence-electron chi connectivity index (χ0n) is 14.0. The Morgan fingerprint density at radius 2 is 2.23 bits per heavy atom. The van der Waals surface area contributed by atoms with E-state index in [9.17, 15) is 4.79 Å². The number of ether oxygens (including phenoxy) is 1. The standard InChI is InChI=1S/C18H28N2O2/c1-15-6-4-7-17(12-15)22-11-5-10-19(2)13-16-8-9-18(21)20(3)14-16/h4,6-7,12,16H,5,8-11,13-14H2,1-3H3. The van der Waals surface area contributed by atoms with Crippen LogP contribution >= 0.6 is 0 Å². The summed E-state index contributed by atoms with van der Waals surface area (Å²) >= 11 is 0. The van der Waals surface area contributed by atoms with E-state index in [2.05, 4.69) is 31.0 Å². The first-order valence-electron chi connectivity index (χ1n) is 8.16. The van der Waals surface area contributed by atoms with Gasteiger partial charge in [0.05, 0.1) is 6.61 Å². The molecule has 0 N–H and O–H groups in total. The molecule has 0 spiro atoms. The van der Waals surface area contributed by atoms with Crippen molar-refractivity contribution >= 4 is 5.91 Å². The van der Waals surface area contributed by atoms with Crippen LogP contribution in [0.2, 0.25) is 0 Å². The summed E-state index contributed by atoms with van der Waals surface area (Å²) in [6.45, 7) is 5.80. The van der Waals surface area contributed by atoms with Crippen LogP contribution in [0.5, 0.6) is 5.75 Å². The summed E-state index contributed by atoms with van der Waals surface area (Å²) in [6.07, 6.45) is 2.74. The lowest BCUT2D eigenvalue weighted by atomic mass is 9.97. The molecule has 2 rings (SSSR count). The van der Waals surface area contributed by atoms with Crippen LogP contribution in [0.1, 0.15) is 24.8 Å². The lowest BCUT2D eigenvalue weighted by Crippen LogP contribution is -2.41. The first-order valence-corrected chi connectivity index (χ1v) is 8.16. The maximum Gasteiger partial charge on any atom is 0.222 e. The molecule has 1 atom stereocenters. The highest BCUT2D eigenvalue weighted by atomic mass is 16.5. The van der Waals surface area contributed by atoms with Crippen LogP contribution in [0.4, 0.5) is 0 Å². The van der Waals surface area contributed by atoms with Gasteiger partial charge in [-0.05, 0) is 50.4 Å². The molecule has 4 nitrogen and oxygen atoms in total. The van der Waals surface area contributed by atoms with Crippen molar-refractivity contribution < 1.29 is 9.53 Å². The largest absolute Gasteiger partial charge is 0.494 e. The van der Waals surface area contributed by atoms with Crippen molar-refractivity contribution in [2.45, 2.75) is 26.2 Å². The van der Waals surface area contributed by atoms with E-state index in [0.29, 0.717) is 12.3 Å². The molecule has 0 saturated carbocycles. The van der Waals surface area contributed by atoms with E-state index in [4.69, 9.17) is 4.74 Å². The van der Waals surface area contributed by atoms with Crippen LogP contribution in [0.3, 0.4) is 0 Å². The van der Waals surface area contributed by atoms with Crippen molar-refractivity contribution in [3.05, 3.63) is 29.8 Å². The molecule has 22 heavy (non-hydrogen) atoms.